The lowest BCUT2D eigenvalue weighted by molar-refractivity contribution is 0.0215. The molecule has 1 N–H and O–H groups in total. The molecule has 7 heteroatoms. The standard InChI is InChI=1S/C13H19F2NO3S/c1-2-9-20(17,18)12-6-4-3-5-11(12)16-7-8-19-10-13(14)15/h3-6,13,16H,2,7-10H2,1H3. The van der Waals surface area contributed by atoms with Crippen LogP contribution >= 0.6 is 0 Å². The number of benzene rings is 1. The molecule has 0 fully saturated rings. The summed E-state index contributed by atoms with van der Waals surface area (Å²) in [5.74, 6) is 0.0770. The van der Waals surface area contributed by atoms with Gasteiger partial charge in [-0.2, -0.15) is 0 Å². The van der Waals surface area contributed by atoms with Crippen molar-refractivity contribution in [1.82, 2.24) is 0 Å². The van der Waals surface area contributed by atoms with Crippen molar-refractivity contribution in [3.05, 3.63) is 24.3 Å². The molecule has 0 bridgehead atoms. The number of halogens is 2. The molecule has 0 aliphatic rings. The Bertz CT molecular complexity index is 506. The van der Waals surface area contributed by atoms with E-state index in [4.69, 9.17) is 4.74 Å². The highest BCUT2D eigenvalue weighted by atomic mass is 32.2. The maximum Gasteiger partial charge on any atom is 0.261 e. The summed E-state index contributed by atoms with van der Waals surface area (Å²) >= 11 is 0. The van der Waals surface area contributed by atoms with Crippen molar-refractivity contribution in [2.45, 2.75) is 24.7 Å². The quantitative estimate of drug-likeness (QED) is 0.712. The zero-order valence-corrected chi connectivity index (χ0v) is 12.1. The van der Waals surface area contributed by atoms with Crippen LogP contribution in [-0.2, 0) is 14.6 Å². The van der Waals surface area contributed by atoms with Crippen LogP contribution in [0.15, 0.2) is 29.2 Å². The number of sulfone groups is 1. The van der Waals surface area contributed by atoms with Gasteiger partial charge in [-0.05, 0) is 18.6 Å². The molecule has 0 spiro atoms. The molecule has 0 saturated heterocycles. The minimum Gasteiger partial charge on any atom is -0.382 e. The lowest BCUT2D eigenvalue weighted by Gasteiger charge is -2.12. The molecular weight excluding hydrogens is 288 g/mol. The Morgan fingerprint density at radius 2 is 2.00 bits per heavy atom. The first-order valence-corrected chi connectivity index (χ1v) is 8.04. The van der Waals surface area contributed by atoms with E-state index in [0.717, 1.165) is 0 Å². The molecule has 0 amide bonds. The second-order valence-corrected chi connectivity index (χ2v) is 6.29. The van der Waals surface area contributed by atoms with Gasteiger partial charge in [0.2, 0.25) is 0 Å². The summed E-state index contributed by atoms with van der Waals surface area (Å²) in [6.07, 6.45) is -1.96. The fourth-order valence-corrected chi connectivity index (χ4v) is 3.21. The van der Waals surface area contributed by atoms with Crippen molar-refractivity contribution in [2.75, 3.05) is 30.8 Å². The molecule has 0 radical (unpaired) electrons. The number of para-hydroxylation sites is 1. The van der Waals surface area contributed by atoms with E-state index in [1.54, 1.807) is 25.1 Å². The summed E-state index contributed by atoms with van der Waals surface area (Å²) in [5, 5.41) is 2.90. The van der Waals surface area contributed by atoms with Crippen LogP contribution in [0.25, 0.3) is 0 Å². The average Bonchev–Trinajstić information content (AvgIpc) is 2.38. The van der Waals surface area contributed by atoms with Crippen molar-refractivity contribution in [2.24, 2.45) is 0 Å². The summed E-state index contributed by atoms with van der Waals surface area (Å²) in [4.78, 5) is 0.232. The maximum atomic E-state index is 12.1. The van der Waals surface area contributed by atoms with E-state index in [-0.39, 0.29) is 23.8 Å². The number of ether oxygens (including phenoxy) is 1. The molecule has 0 aliphatic carbocycles. The highest BCUT2D eigenvalue weighted by molar-refractivity contribution is 7.91. The first kappa shape index (κ1) is 16.8. The van der Waals surface area contributed by atoms with Crippen LogP contribution in [0.4, 0.5) is 14.5 Å². The Labute approximate surface area is 118 Å². The molecular formula is C13H19F2NO3S. The number of alkyl halides is 2. The van der Waals surface area contributed by atoms with Crippen molar-refractivity contribution >= 4 is 15.5 Å². The van der Waals surface area contributed by atoms with Gasteiger partial charge in [0, 0.05) is 6.54 Å². The van der Waals surface area contributed by atoms with Gasteiger partial charge in [0.1, 0.15) is 6.61 Å². The first-order chi connectivity index (χ1) is 9.47. The molecule has 1 rings (SSSR count). The zero-order chi connectivity index (χ0) is 15.0. The normalized spacial score (nSPS) is 11.8. The number of anilines is 1. The molecule has 1 aromatic carbocycles. The van der Waals surface area contributed by atoms with E-state index in [2.05, 4.69) is 5.32 Å². The number of hydrogen-bond acceptors (Lipinski definition) is 4. The molecule has 20 heavy (non-hydrogen) atoms. The monoisotopic (exact) mass is 307 g/mol. The van der Waals surface area contributed by atoms with E-state index >= 15 is 0 Å². The topological polar surface area (TPSA) is 55.4 Å². The second-order valence-electron chi connectivity index (χ2n) is 4.21. The fraction of sp³-hybridized carbons (Fsp3) is 0.538. The Hall–Kier alpha value is -1.21. The third-order valence-electron chi connectivity index (χ3n) is 2.50. The van der Waals surface area contributed by atoms with Crippen LogP contribution in [0, 0.1) is 0 Å². The van der Waals surface area contributed by atoms with Gasteiger partial charge in [-0.15, -0.1) is 0 Å². The molecule has 0 aliphatic heterocycles. The van der Waals surface area contributed by atoms with E-state index in [0.29, 0.717) is 12.1 Å². The zero-order valence-electron chi connectivity index (χ0n) is 11.3. The van der Waals surface area contributed by atoms with Crippen LogP contribution in [0.1, 0.15) is 13.3 Å². The predicted octanol–water partition coefficient (Wildman–Crippen LogP) is 2.56. The summed E-state index contributed by atoms with van der Waals surface area (Å²) in [6.45, 7) is 1.54. The van der Waals surface area contributed by atoms with Gasteiger partial charge in [0.15, 0.2) is 9.84 Å². The third-order valence-corrected chi connectivity index (χ3v) is 4.47. The predicted molar refractivity (Wildman–Crippen MR) is 74.1 cm³/mol. The summed E-state index contributed by atoms with van der Waals surface area (Å²) in [7, 11) is -3.32. The van der Waals surface area contributed by atoms with E-state index in [1.807, 2.05) is 0 Å². The largest absolute Gasteiger partial charge is 0.382 e. The van der Waals surface area contributed by atoms with Gasteiger partial charge < -0.3 is 10.1 Å². The molecule has 0 unspecified atom stereocenters. The number of hydrogen-bond donors (Lipinski definition) is 1. The van der Waals surface area contributed by atoms with Crippen molar-refractivity contribution in [1.29, 1.82) is 0 Å². The van der Waals surface area contributed by atoms with E-state index < -0.39 is 22.9 Å². The van der Waals surface area contributed by atoms with Crippen LogP contribution in [-0.4, -0.2) is 40.4 Å². The molecule has 1 aromatic rings. The summed E-state index contributed by atoms with van der Waals surface area (Å²) in [6, 6.07) is 6.55. The smallest absolute Gasteiger partial charge is 0.261 e. The third kappa shape index (κ3) is 5.42. The highest BCUT2D eigenvalue weighted by Gasteiger charge is 2.16. The van der Waals surface area contributed by atoms with Crippen LogP contribution < -0.4 is 5.32 Å². The van der Waals surface area contributed by atoms with E-state index in [1.165, 1.54) is 6.07 Å². The lowest BCUT2D eigenvalue weighted by atomic mass is 10.3. The van der Waals surface area contributed by atoms with Crippen LogP contribution in [0.2, 0.25) is 0 Å². The van der Waals surface area contributed by atoms with Crippen LogP contribution in [0.5, 0.6) is 0 Å². The number of nitrogens with one attached hydrogen (secondary N) is 1. The average molecular weight is 307 g/mol. The Morgan fingerprint density at radius 1 is 1.30 bits per heavy atom. The van der Waals surface area contributed by atoms with Gasteiger partial charge in [-0.3, -0.25) is 0 Å². The maximum absolute atomic E-state index is 12.1. The van der Waals surface area contributed by atoms with E-state index in [9.17, 15) is 17.2 Å². The van der Waals surface area contributed by atoms with Gasteiger partial charge in [-0.1, -0.05) is 19.1 Å². The van der Waals surface area contributed by atoms with Gasteiger partial charge in [0.05, 0.1) is 22.9 Å². The van der Waals surface area contributed by atoms with Gasteiger partial charge in [0.25, 0.3) is 6.43 Å². The highest BCUT2D eigenvalue weighted by Crippen LogP contribution is 2.22. The molecule has 0 atom stereocenters. The minimum absolute atomic E-state index is 0.0770. The minimum atomic E-state index is -3.32. The molecule has 114 valence electrons. The number of rotatable bonds is 9. The fourth-order valence-electron chi connectivity index (χ4n) is 1.69. The Balaban J connectivity index is 2.63. The second kappa shape index (κ2) is 8.16. The lowest BCUT2D eigenvalue weighted by Crippen LogP contribution is -2.15. The Kier molecular flexibility index (Phi) is 6.87. The van der Waals surface area contributed by atoms with Crippen molar-refractivity contribution < 1.29 is 21.9 Å². The summed E-state index contributed by atoms with van der Waals surface area (Å²) < 4.78 is 52.6. The molecule has 0 heterocycles. The van der Waals surface area contributed by atoms with Crippen molar-refractivity contribution in [3.8, 4) is 0 Å². The van der Waals surface area contributed by atoms with Crippen molar-refractivity contribution in [3.63, 3.8) is 0 Å². The SMILES string of the molecule is CCCS(=O)(=O)c1ccccc1NCCOCC(F)F. The molecule has 4 nitrogen and oxygen atoms in total. The first-order valence-electron chi connectivity index (χ1n) is 6.39. The van der Waals surface area contributed by atoms with Gasteiger partial charge in [-0.25, -0.2) is 17.2 Å². The summed E-state index contributed by atoms with van der Waals surface area (Å²) in [5.41, 5.74) is 0.474. The molecule has 0 saturated carbocycles. The molecule has 0 aromatic heterocycles. The van der Waals surface area contributed by atoms with Gasteiger partial charge >= 0.3 is 0 Å². The Morgan fingerprint density at radius 3 is 2.65 bits per heavy atom. The van der Waals surface area contributed by atoms with Crippen LogP contribution in [0.3, 0.4) is 0 Å².